The fourth-order valence-electron chi connectivity index (χ4n) is 3.54. The summed E-state index contributed by atoms with van der Waals surface area (Å²) >= 11 is 7.40. The lowest BCUT2D eigenvalue weighted by molar-refractivity contribution is 0.0936. The number of rotatable bonds is 4. The highest BCUT2D eigenvalue weighted by Crippen LogP contribution is 2.29. The van der Waals surface area contributed by atoms with Crippen molar-refractivity contribution in [3.8, 4) is 10.6 Å². The molecule has 1 aromatic heterocycles. The van der Waals surface area contributed by atoms with Crippen molar-refractivity contribution in [2.75, 3.05) is 18.0 Å². The lowest BCUT2D eigenvalue weighted by atomic mass is 10.0. The van der Waals surface area contributed by atoms with E-state index in [-0.39, 0.29) is 11.9 Å². The number of hydrogen-bond acceptors (Lipinski definition) is 4. The van der Waals surface area contributed by atoms with E-state index in [1.165, 1.54) is 17.0 Å². The number of piperidine rings is 1. The molecule has 4 nitrogen and oxygen atoms in total. The summed E-state index contributed by atoms with van der Waals surface area (Å²) < 4.78 is 0. The molecule has 3 aromatic rings. The van der Waals surface area contributed by atoms with Crippen molar-refractivity contribution in [1.29, 1.82) is 0 Å². The molecule has 0 unspecified atom stereocenters. The molecule has 1 atom stereocenters. The first-order valence-electron chi connectivity index (χ1n) is 9.44. The number of anilines is 1. The van der Waals surface area contributed by atoms with Gasteiger partial charge >= 0.3 is 0 Å². The average molecular weight is 412 g/mol. The number of para-hydroxylation sites is 1. The summed E-state index contributed by atoms with van der Waals surface area (Å²) in [7, 11) is 0. The van der Waals surface area contributed by atoms with E-state index in [2.05, 4.69) is 39.5 Å². The minimum atomic E-state index is -0.0323. The zero-order valence-corrected chi connectivity index (χ0v) is 17.3. The summed E-state index contributed by atoms with van der Waals surface area (Å²) in [6, 6.07) is 18.1. The van der Waals surface area contributed by atoms with Crippen LogP contribution >= 0.6 is 22.9 Å². The topological polar surface area (TPSA) is 45.2 Å². The number of halogens is 1. The van der Waals surface area contributed by atoms with Crippen molar-refractivity contribution in [3.63, 3.8) is 0 Å². The van der Waals surface area contributed by atoms with E-state index in [4.69, 9.17) is 11.6 Å². The zero-order chi connectivity index (χ0) is 19.5. The third-order valence-corrected chi connectivity index (χ3v) is 6.43. The van der Waals surface area contributed by atoms with E-state index in [0.717, 1.165) is 42.2 Å². The number of benzene rings is 2. The summed E-state index contributed by atoms with van der Waals surface area (Å²) in [5.41, 5.74) is 2.95. The van der Waals surface area contributed by atoms with E-state index in [1.54, 1.807) is 0 Å². The van der Waals surface area contributed by atoms with Crippen LogP contribution in [0.15, 0.2) is 54.6 Å². The van der Waals surface area contributed by atoms with Crippen molar-refractivity contribution < 1.29 is 4.79 Å². The maximum absolute atomic E-state index is 12.9. The van der Waals surface area contributed by atoms with Gasteiger partial charge in [0.2, 0.25) is 0 Å². The van der Waals surface area contributed by atoms with Crippen LogP contribution in [0, 0.1) is 6.92 Å². The normalized spacial score (nSPS) is 16.8. The Morgan fingerprint density at radius 3 is 2.68 bits per heavy atom. The molecule has 2 heterocycles. The molecule has 0 spiro atoms. The van der Waals surface area contributed by atoms with Crippen LogP contribution in [0.1, 0.15) is 28.2 Å². The van der Waals surface area contributed by atoms with E-state index >= 15 is 0 Å². The Labute approximate surface area is 174 Å². The molecule has 1 fully saturated rings. The van der Waals surface area contributed by atoms with Crippen LogP contribution in [-0.2, 0) is 0 Å². The second kappa shape index (κ2) is 8.33. The number of carbonyl (C=O) groups excluding carboxylic acids is 1. The Morgan fingerprint density at radius 1 is 1.18 bits per heavy atom. The van der Waals surface area contributed by atoms with Crippen LogP contribution in [0.4, 0.5) is 5.69 Å². The summed E-state index contributed by atoms with van der Waals surface area (Å²) in [5, 5.41) is 4.75. The first-order valence-corrected chi connectivity index (χ1v) is 10.6. The van der Waals surface area contributed by atoms with Gasteiger partial charge in [0, 0.05) is 35.4 Å². The number of nitrogens with zero attached hydrogens (tertiary/aromatic N) is 2. The van der Waals surface area contributed by atoms with Crippen LogP contribution in [0.2, 0.25) is 5.02 Å². The van der Waals surface area contributed by atoms with Gasteiger partial charge in [0.25, 0.3) is 5.91 Å². The van der Waals surface area contributed by atoms with Crippen molar-refractivity contribution in [1.82, 2.24) is 10.3 Å². The number of amides is 1. The fraction of sp³-hybridized carbons (Fsp3) is 0.273. The SMILES string of the molecule is Cc1nc(-c2ccc(Cl)cc2)sc1C(=O)N[C@@H]1CCCN(c2ccccc2)C1. The van der Waals surface area contributed by atoms with Gasteiger partial charge in [-0.25, -0.2) is 4.98 Å². The van der Waals surface area contributed by atoms with Crippen molar-refractivity contribution >= 4 is 34.5 Å². The van der Waals surface area contributed by atoms with Crippen LogP contribution in [-0.4, -0.2) is 30.0 Å². The minimum absolute atomic E-state index is 0.0323. The zero-order valence-electron chi connectivity index (χ0n) is 15.7. The van der Waals surface area contributed by atoms with Crippen LogP contribution in [0.25, 0.3) is 10.6 Å². The summed E-state index contributed by atoms with van der Waals surface area (Å²) in [4.78, 5) is 20.5. The standard InChI is InChI=1S/C22H22ClN3OS/c1-15-20(28-22(24-15)16-9-11-17(23)12-10-16)21(27)25-18-6-5-13-26(14-18)19-7-3-2-4-8-19/h2-4,7-12,18H,5-6,13-14H2,1H3,(H,25,27)/t18-/m1/s1. The fourth-order valence-corrected chi connectivity index (χ4v) is 4.64. The monoisotopic (exact) mass is 411 g/mol. The molecule has 0 bridgehead atoms. The van der Waals surface area contributed by atoms with E-state index in [0.29, 0.717) is 9.90 Å². The first-order chi connectivity index (χ1) is 13.6. The van der Waals surface area contributed by atoms with Crippen molar-refractivity contribution in [2.24, 2.45) is 0 Å². The highest BCUT2D eigenvalue weighted by molar-refractivity contribution is 7.17. The molecule has 6 heteroatoms. The average Bonchev–Trinajstić information content (AvgIpc) is 3.11. The second-order valence-electron chi connectivity index (χ2n) is 7.03. The number of thiazole rings is 1. The summed E-state index contributed by atoms with van der Waals surface area (Å²) in [5.74, 6) is -0.0323. The molecule has 0 aliphatic carbocycles. The molecule has 0 saturated carbocycles. The Hall–Kier alpha value is -2.37. The van der Waals surface area contributed by atoms with Crippen molar-refractivity contribution in [2.45, 2.75) is 25.8 Å². The first kappa shape index (κ1) is 19.0. The Balaban J connectivity index is 1.45. The molecular weight excluding hydrogens is 390 g/mol. The molecule has 0 radical (unpaired) electrons. The van der Waals surface area contributed by atoms with E-state index in [1.807, 2.05) is 37.3 Å². The summed E-state index contributed by atoms with van der Waals surface area (Å²) in [6.45, 7) is 3.75. The third kappa shape index (κ3) is 4.21. The second-order valence-corrected chi connectivity index (χ2v) is 8.47. The number of aryl methyl sites for hydroxylation is 1. The van der Waals surface area contributed by atoms with Gasteiger partial charge in [-0.1, -0.05) is 41.9 Å². The molecule has 1 N–H and O–H groups in total. The molecule has 1 saturated heterocycles. The maximum Gasteiger partial charge on any atom is 0.263 e. The van der Waals surface area contributed by atoms with Gasteiger partial charge in [0.05, 0.1) is 5.69 Å². The van der Waals surface area contributed by atoms with Gasteiger partial charge in [0.15, 0.2) is 0 Å². The number of aromatic nitrogens is 1. The van der Waals surface area contributed by atoms with Gasteiger partial charge < -0.3 is 10.2 Å². The van der Waals surface area contributed by atoms with Crippen molar-refractivity contribution in [3.05, 3.63) is 70.2 Å². The van der Waals surface area contributed by atoms with Gasteiger partial charge in [-0.3, -0.25) is 4.79 Å². The van der Waals surface area contributed by atoms with Gasteiger partial charge in [-0.05, 0) is 44.0 Å². The minimum Gasteiger partial charge on any atom is -0.369 e. The molecular formula is C22H22ClN3OS. The van der Waals surface area contributed by atoms with Crippen LogP contribution in [0.3, 0.4) is 0 Å². The van der Waals surface area contributed by atoms with Crippen LogP contribution < -0.4 is 10.2 Å². The predicted octanol–water partition coefficient (Wildman–Crippen LogP) is 5.17. The highest BCUT2D eigenvalue weighted by atomic mass is 35.5. The molecule has 1 aliphatic rings. The molecule has 2 aromatic carbocycles. The van der Waals surface area contributed by atoms with Gasteiger partial charge in [-0.15, -0.1) is 11.3 Å². The smallest absolute Gasteiger partial charge is 0.263 e. The Kier molecular flexibility index (Phi) is 5.64. The lowest BCUT2D eigenvalue weighted by Gasteiger charge is -2.34. The quantitative estimate of drug-likeness (QED) is 0.644. The molecule has 144 valence electrons. The van der Waals surface area contributed by atoms with Gasteiger partial charge in [-0.2, -0.15) is 0 Å². The van der Waals surface area contributed by atoms with E-state index < -0.39 is 0 Å². The Morgan fingerprint density at radius 2 is 1.93 bits per heavy atom. The highest BCUT2D eigenvalue weighted by Gasteiger charge is 2.24. The molecule has 1 amide bonds. The maximum atomic E-state index is 12.9. The summed E-state index contributed by atoms with van der Waals surface area (Å²) in [6.07, 6.45) is 2.06. The number of hydrogen-bond donors (Lipinski definition) is 1. The Bertz CT molecular complexity index is 956. The number of nitrogens with one attached hydrogen (secondary N) is 1. The van der Waals surface area contributed by atoms with Crippen LogP contribution in [0.5, 0.6) is 0 Å². The predicted molar refractivity (Wildman–Crippen MR) is 116 cm³/mol. The molecule has 1 aliphatic heterocycles. The van der Waals surface area contributed by atoms with Gasteiger partial charge in [0.1, 0.15) is 9.88 Å². The third-order valence-electron chi connectivity index (χ3n) is 4.97. The molecule has 4 rings (SSSR count). The molecule has 28 heavy (non-hydrogen) atoms. The number of carbonyl (C=O) groups is 1. The van der Waals surface area contributed by atoms with E-state index in [9.17, 15) is 4.79 Å². The largest absolute Gasteiger partial charge is 0.369 e. The lowest BCUT2D eigenvalue weighted by Crippen LogP contribution is -2.47.